The molecule has 1 aromatic rings. The van der Waals surface area contributed by atoms with Crippen LogP contribution >= 0.6 is 11.8 Å². The van der Waals surface area contributed by atoms with Gasteiger partial charge in [-0.3, -0.25) is 0 Å². The van der Waals surface area contributed by atoms with Crippen LogP contribution in [0, 0.1) is 0 Å². The van der Waals surface area contributed by atoms with Crippen molar-refractivity contribution >= 4 is 11.8 Å². The van der Waals surface area contributed by atoms with Crippen molar-refractivity contribution in [2.24, 2.45) is 5.73 Å². The van der Waals surface area contributed by atoms with Gasteiger partial charge in [-0.05, 0) is 17.8 Å². The third-order valence-corrected chi connectivity index (χ3v) is 2.79. The van der Waals surface area contributed by atoms with Crippen molar-refractivity contribution in [3.05, 3.63) is 23.8 Å². The molecule has 0 heterocycles. The second-order valence-corrected chi connectivity index (χ2v) is 4.46. The Morgan fingerprint density at radius 3 is 2.61 bits per heavy atom. The van der Waals surface area contributed by atoms with Crippen LogP contribution in [-0.4, -0.2) is 25.0 Å². The molecule has 0 spiro atoms. The Labute approximate surface area is 107 Å². The molecule has 0 radical (unpaired) electrons. The summed E-state index contributed by atoms with van der Waals surface area (Å²) >= 11 is -0.117. The maximum absolute atomic E-state index is 11.9. The Morgan fingerprint density at radius 2 is 2.06 bits per heavy atom. The van der Waals surface area contributed by atoms with Gasteiger partial charge in [-0.2, -0.15) is 13.2 Å². The van der Waals surface area contributed by atoms with Gasteiger partial charge >= 0.3 is 5.51 Å². The predicted octanol–water partition coefficient (Wildman–Crippen LogP) is 2.79. The lowest BCUT2D eigenvalue weighted by molar-refractivity contribution is -0.0329. The van der Waals surface area contributed by atoms with Crippen LogP contribution in [0.5, 0.6) is 11.5 Å². The molecular formula is C11H14F3NO2S. The average Bonchev–Trinajstić information content (AvgIpc) is 2.33. The normalized spacial score (nSPS) is 11.4. The number of thioether (sulfide) groups is 1. The lowest BCUT2D eigenvalue weighted by Gasteiger charge is -2.14. The number of rotatable bonds is 6. The SMILES string of the molecule is COc1cccc(CN)c1OCCSC(F)(F)F. The van der Waals surface area contributed by atoms with Gasteiger partial charge < -0.3 is 15.2 Å². The Hall–Kier alpha value is -1.08. The summed E-state index contributed by atoms with van der Waals surface area (Å²) in [7, 11) is 1.47. The van der Waals surface area contributed by atoms with Crippen molar-refractivity contribution in [1.82, 2.24) is 0 Å². The zero-order chi connectivity index (χ0) is 13.6. The highest BCUT2D eigenvalue weighted by Gasteiger charge is 2.27. The van der Waals surface area contributed by atoms with Gasteiger partial charge in [0, 0.05) is 17.9 Å². The van der Waals surface area contributed by atoms with Crippen LogP contribution in [0.2, 0.25) is 0 Å². The molecule has 0 fully saturated rings. The Kier molecular flexibility index (Phi) is 5.61. The number of methoxy groups -OCH3 is 1. The van der Waals surface area contributed by atoms with E-state index >= 15 is 0 Å². The molecule has 0 aliphatic heterocycles. The predicted molar refractivity (Wildman–Crippen MR) is 64.9 cm³/mol. The highest BCUT2D eigenvalue weighted by molar-refractivity contribution is 8.00. The van der Waals surface area contributed by atoms with Crippen molar-refractivity contribution in [3.8, 4) is 11.5 Å². The van der Waals surface area contributed by atoms with E-state index < -0.39 is 5.51 Å². The van der Waals surface area contributed by atoms with Crippen LogP contribution in [0.1, 0.15) is 5.56 Å². The first-order chi connectivity index (χ1) is 8.48. The third kappa shape index (κ3) is 4.66. The maximum atomic E-state index is 11.9. The summed E-state index contributed by atoms with van der Waals surface area (Å²) in [5.41, 5.74) is 1.99. The molecule has 3 nitrogen and oxygen atoms in total. The van der Waals surface area contributed by atoms with Gasteiger partial charge in [0.1, 0.15) is 0 Å². The molecule has 1 aromatic carbocycles. The number of benzene rings is 1. The molecule has 0 aliphatic rings. The molecule has 0 aromatic heterocycles. The molecule has 0 bridgehead atoms. The maximum Gasteiger partial charge on any atom is 0.441 e. The number of hydrogen-bond donors (Lipinski definition) is 1. The first-order valence-corrected chi connectivity index (χ1v) is 6.16. The molecule has 0 saturated heterocycles. The minimum atomic E-state index is -4.24. The zero-order valence-corrected chi connectivity index (χ0v) is 10.6. The van der Waals surface area contributed by atoms with E-state index in [2.05, 4.69) is 0 Å². The highest BCUT2D eigenvalue weighted by atomic mass is 32.2. The van der Waals surface area contributed by atoms with E-state index in [4.69, 9.17) is 15.2 Å². The second kappa shape index (κ2) is 6.75. The van der Waals surface area contributed by atoms with Crippen LogP contribution in [0.4, 0.5) is 13.2 Å². The van der Waals surface area contributed by atoms with Crippen LogP contribution in [0.3, 0.4) is 0 Å². The first kappa shape index (κ1) is 15.0. The van der Waals surface area contributed by atoms with Crippen molar-refractivity contribution in [2.45, 2.75) is 12.1 Å². The molecule has 102 valence electrons. The van der Waals surface area contributed by atoms with Crippen LogP contribution < -0.4 is 15.2 Å². The van der Waals surface area contributed by atoms with Gasteiger partial charge in [-0.1, -0.05) is 12.1 Å². The van der Waals surface area contributed by atoms with Gasteiger partial charge in [0.15, 0.2) is 11.5 Å². The monoisotopic (exact) mass is 281 g/mol. The lowest BCUT2D eigenvalue weighted by atomic mass is 10.2. The minimum Gasteiger partial charge on any atom is -0.493 e. The molecule has 7 heteroatoms. The van der Waals surface area contributed by atoms with Gasteiger partial charge in [-0.15, -0.1) is 0 Å². The fourth-order valence-electron chi connectivity index (χ4n) is 1.35. The molecule has 0 atom stereocenters. The smallest absolute Gasteiger partial charge is 0.441 e. The fraction of sp³-hybridized carbons (Fsp3) is 0.455. The Bertz CT molecular complexity index is 363. The summed E-state index contributed by atoms with van der Waals surface area (Å²) in [5, 5.41) is 0. The summed E-state index contributed by atoms with van der Waals surface area (Å²) in [6, 6.07) is 5.17. The van der Waals surface area contributed by atoms with Crippen LogP contribution in [0.15, 0.2) is 18.2 Å². The highest BCUT2D eigenvalue weighted by Crippen LogP contribution is 2.32. The van der Waals surface area contributed by atoms with E-state index in [1.165, 1.54) is 7.11 Å². The largest absolute Gasteiger partial charge is 0.493 e. The summed E-state index contributed by atoms with van der Waals surface area (Å²) in [6.07, 6.45) is 0. The molecule has 2 N–H and O–H groups in total. The van der Waals surface area contributed by atoms with Crippen molar-refractivity contribution in [2.75, 3.05) is 19.5 Å². The quantitative estimate of drug-likeness (QED) is 0.814. The number of para-hydroxylation sites is 1. The topological polar surface area (TPSA) is 44.5 Å². The van der Waals surface area contributed by atoms with E-state index in [0.29, 0.717) is 17.1 Å². The van der Waals surface area contributed by atoms with E-state index in [0.717, 1.165) is 0 Å². The third-order valence-electron chi connectivity index (χ3n) is 2.10. The van der Waals surface area contributed by atoms with Gasteiger partial charge in [0.2, 0.25) is 0 Å². The van der Waals surface area contributed by atoms with Gasteiger partial charge in [0.25, 0.3) is 0 Å². The van der Waals surface area contributed by atoms with Crippen molar-refractivity contribution < 1.29 is 22.6 Å². The second-order valence-electron chi connectivity index (χ2n) is 3.30. The average molecular weight is 281 g/mol. The van der Waals surface area contributed by atoms with Crippen molar-refractivity contribution in [1.29, 1.82) is 0 Å². The van der Waals surface area contributed by atoms with Gasteiger partial charge in [0.05, 0.1) is 13.7 Å². The van der Waals surface area contributed by atoms with E-state index in [9.17, 15) is 13.2 Å². The number of nitrogens with two attached hydrogens (primary N) is 1. The summed E-state index contributed by atoms with van der Waals surface area (Å²) < 4.78 is 46.2. The Balaban J connectivity index is 2.60. The van der Waals surface area contributed by atoms with E-state index in [1.54, 1.807) is 18.2 Å². The van der Waals surface area contributed by atoms with Gasteiger partial charge in [-0.25, -0.2) is 0 Å². The molecule has 0 saturated carbocycles. The summed E-state index contributed by atoms with van der Waals surface area (Å²) in [5.74, 6) is 0.700. The number of halogens is 3. The minimum absolute atomic E-state index is 0.0580. The Morgan fingerprint density at radius 1 is 1.33 bits per heavy atom. The lowest BCUT2D eigenvalue weighted by Crippen LogP contribution is -2.10. The fourth-order valence-corrected chi connectivity index (χ4v) is 1.75. The summed E-state index contributed by atoms with van der Waals surface area (Å²) in [6.45, 7) is 0.177. The zero-order valence-electron chi connectivity index (χ0n) is 9.79. The standard InChI is InChI=1S/C11H14F3NO2S/c1-16-9-4-2-3-8(7-15)10(9)17-5-6-18-11(12,13)14/h2-4H,5-7,15H2,1H3. The molecule has 0 amide bonds. The van der Waals surface area contributed by atoms with Crippen LogP contribution in [-0.2, 0) is 6.54 Å². The number of hydrogen-bond acceptors (Lipinski definition) is 4. The van der Waals surface area contributed by atoms with Crippen LogP contribution in [0.25, 0.3) is 0 Å². The van der Waals surface area contributed by atoms with E-state index in [-0.39, 0.29) is 30.7 Å². The molecular weight excluding hydrogens is 267 g/mol. The molecule has 0 unspecified atom stereocenters. The number of alkyl halides is 3. The molecule has 0 aliphatic carbocycles. The molecule has 18 heavy (non-hydrogen) atoms. The summed E-state index contributed by atoms with van der Waals surface area (Å²) in [4.78, 5) is 0. The van der Waals surface area contributed by atoms with Crippen molar-refractivity contribution in [3.63, 3.8) is 0 Å². The number of ether oxygens (including phenoxy) is 2. The first-order valence-electron chi connectivity index (χ1n) is 5.17. The molecule has 1 rings (SSSR count). The van der Waals surface area contributed by atoms with E-state index in [1.807, 2.05) is 0 Å².